The van der Waals surface area contributed by atoms with Crippen LogP contribution in [0.2, 0.25) is 0 Å². The Morgan fingerprint density at radius 3 is 2.32 bits per heavy atom. The molecule has 41 heavy (non-hydrogen) atoms. The molecular formula is C32H47N3O6. The molecule has 0 aromatic heterocycles. The molecule has 9 nitrogen and oxygen atoms in total. The Bertz CT molecular complexity index is 1150. The molecule has 9 heteroatoms. The topological polar surface area (TPSA) is 99.6 Å². The summed E-state index contributed by atoms with van der Waals surface area (Å²) in [6.45, 7) is 19.4. The fourth-order valence-electron chi connectivity index (χ4n) is 7.56. The highest BCUT2D eigenvalue weighted by molar-refractivity contribution is 6.05. The first-order chi connectivity index (χ1) is 19.5. The van der Waals surface area contributed by atoms with E-state index in [1.165, 1.54) is 4.90 Å². The number of nitrogens with zero attached hydrogens (tertiary/aromatic N) is 3. The minimum absolute atomic E-state index is 0.0935. The third kappa shape index (κ3) is 4.75. The number of aliphatic hydroxyl groups is 1. The predicted molar refractivity (Wildman–Crippen MR) is 159 cm³/mol. The Balaban J connectivity index is 1.84. The normalized spacial score (nSPS) is 30.9. The van der Waals surface area contributed by atoms with Gasteiger partial charge in [-0.15, -0.1) is 6.58 Å². The van der Waals surface area contributed by atoms with E-state index in [4.69, 9.17) is 9.47 Å². The van der Waals surface area contributed by atoms with E-state index in [2.05, 4.69) is 25.3 Å². The van der Waals surface area contributed by atoms with Crippen LogP contribution in [0.25, 0.3) is 0 Å². The summed E-state index contributed by atoms with van der Waals surface area (Å²) in [7, 11) is 0. The summed E-state index contributed by atoms with van der Waals surface area (Å²) in [5, 5.41) is 10.5. The first kappa shape index (κ1) is 31.0. The van der Waals surface area contributed by atoms with Crippen LogP contribution in [0.5, 0.6) is 0 Å². The van der Waals surface area contributed by atoms with Crippen molar-refractivity contribution in [1.82, 2.24) is 4.90 Å². The number of rotatable bonds is 12. The summed E-state index contributed by atoms with van der Waals surface area (Å²) in [5.74, 6) is -3.07. The highest BCUT2D eigenvalue weighted by Crippen LogP contribution is 2.66. The predicted octanol–water partition coefficient (Wildman–Crippen LogP) is 3.64. The van der Waals surface area contributed by atoms with Crippen molar-refractivity contribution in [1.29, 1.82) is 0 Å². The second-order valence-corrected chi connectivity index (χ2v) is 12.1. The Hall–Kier alpha value is -2.91. The third-order valence-corrected chi connectivity index (χ3v) is 9.71. The molecule has 3 unspecified atom stereocenters. The van der Waals surface area contributed by atoms with Gasteiger partial charge < -0.3 is 29.3 Å². The number of hydrogen-bond acceptors (Lipinski definition) is 7. The Labute approximate surface area is 244 Å². The van der Waals surface area contributed by atoms with Crippen molar-refractivity contribution >= 4 is 29.2 Å². The van der Waals surface area contributed by atoms with Crippen molar-refractivity contribution in [2.24, 2.45) is 23.7 Å². The van der Waals surface area contributed by atoms with Crippen molar-refractivity contribution in [2.45, 2.75) is 78.2 Å². The highest BCUT2D eigenvalue weighted by atomic mass is 16.6. The molecule has 1 spiro atoms. The van der Waals surface area contributed by atoms with Crippen LogP contribution in [0.15, 0.2) is 36.9 Å². The van der Waals surface area contributed by atoms with Gasteiger partial charge in [0.15, 0.2) is 0 Å². The number of likely N-dealkylation sites (tertiary alicyclic amines) is 1. The second-order valence-electron chi connectivity index (χ2n) is 12.1. The number of carbonyl (C=O) groups excluding carboxylic acids is 3. The number of aliphatic hydroxyl groups excluding tert-OH is 1. The van der Waals surface area contributed by atoms with Crippen LogP contribution in [0.1, 0.15) is 54.9 Å². The molecule has 3 aliphatic rings. The molecule has 0 saturated carbocycles. The molecule has 3 saturated heterocycles. The molecule has 1 N–H and O–H groups in total. The molecule has 0 aliphatic carbocycles. The molecule has 7 atom stereocenters. The molecule has 3 fully saturated rings. The summed E-state index contributed by atoms with van der Waals surface area (Å²) in [4.78, 5) is 48.0. The summed E-state index contributed by atoms with van der Waals surface area (Å²) >= 11 is 0. The summed E-state index contributed by atoms with van der Waals surface area (Å²) < 4.78 is 12.3. The van der Waals surface area contributed by atoms with Gasteiger partial charge in [0.2, 0.25) is 5.91 Å². The lowest BCUT2D eigenvalue weighted by atomic mass is 9.62. The maximum atomic E-state index is 14.8. The molecule has 3 heterocycles. The molecule has 1 aromatic carbocycles. The number of fused-ring (bicyclic) bond motifs is 1. The lowest BCUT2D eigenvalue weighted by Crippen LogP contribution is -2.60. The number of anilines is 2. The van der Waals surface area contributed by atoms with Gasteiger partial charge in [0.1, 0.15) is 17.6 Å². The van der Waals surface area contributed by atoms with Crippen LogP contribution >= 0.6 is 0 Å². The maximum Gasteiger partial charge on any atom is 0.312 e. The van der Waals surface area contributed by atoms with E-state index < -0.39 is 41.1 Å². The van der Waals surface area contributed by atoms with Gasteiger partial charge in [-0.2, -0.15) is 0 Å². The SMILES string of the molecule is C=CCN(C(=O)C1N([C@@H](CO)C(C)C)C(=O)[C@@H]2[C@H](C(=O)OCC)[C@@]3(C)OC12CC3C)c1ccc(N(CC)CC)cc1. The maximum absolute atomic E-state index is 14.8. The van der Waals surface area contributed by atoms with E-state index >= 15 is 0 Å². The summed E-state index contributed by atoms with van der Waals surface area (Å²) in [6, 6.07) is 6.16. The fraction of sp³-hybridized carbons (Fsp3) is 0.656. The van der Waals surface area contributed by atoms with Gasteiger partial charge >= 0.3 is 5.97 Å². The molecule has 0 radical (unpaired) electrons. The Kier molecular flexibility index (Phi) is 8.90. The van der Waals surface area contributed by atoms with E-state index in [0.717, 1.165) is 18.8 Å². The van der Waals surface area contributed by atoms with Gasteiger partial charge in [-0.3, -0.25) is 14.4 Å². The monoisotopic (exact) mass is 569 g/mol. The van der Waals surface area contributed by atoms with Crippen molar-refractivity contribution in [2.75, 3.05) is 42.6 Å². The fourth-order valence-corrected chi connectivity index (χ4v) is 7.56. The molecular weight excluding hydrogens is 522 g/mol. The average Bonchev–Trinajstić information content (AvgIpc) is 3.45. The quantitative estimate of drug-likeness (QED) is 0.303. The van der Waals surface area contributed by atoms with E-state index in [1.807, 2.05) is 52.0 Å². The lowest BCUT2D eigenvalue weighted by molar-refractivity contribution is -0.162. The largest absolute Gasteiger partial charge is 0.466 e. The van der Waals surface area contributed by atoms with E-state index in [9.17, 15) is 19.5 Å². The minimum atomic E-state index is -1.22. The van der Waals surface area contributed by atoms with Crippen LogP contribution in [0.3, 0.4) is 0 Å². The zero-order valence-electron chi connectivity index (χ0n) is 25.6. The number of benzene rings is 1. The highest BCUT2D eigenvalue weighted by Gasteiger charge is 2.80. The number of esters is 1. The molecule has 4 rings (SSSR count). The van der Waals surface area contributed by atoms with Crippen molar-refractivity contribution < 1.29 is 29.0 Å². The first-order valence-corrected chi connectivity index (χ1v) is 15.0. The third-order valence-electron chi connectivity index (χ3n) is 9.71. The Morgan fingerprint density at radius 1 is 1.20 bits per heavy atom. The number of ether oxygens (including phenoxy) is 2. The van der Waals surface area contributed by atoms with Gasteiger partial charge in [-0.25, -0.2) is 0 Å². The number of carbonyl (C=O) groups is 3. The lowest BCUT2D eigenvalue weighted by Gasteiger charge is -2.40. The molecule has 2 bridgehead atoms. The zero-order chi connectivity index (χ0) is 30.3. The smallest absolute Gasteiger partial charge is 0.312 e. The zero-order valence-corrected chi connectivity index (χ0v) is 25.6. The van der Waals surface area contributed by atoms with Crippen molar-refractivity contribution in [3.05, 3.63) is 36.9 Å². The van der Waals surface area contributed by atoms with Crippen LogP contribution in [-0.4, -0.2) is 83.9 Å². The van der Waals surface area contributed by atoms with Crippen LogP contribution in [0, 0.1) is 23.7 Å². The van der Waals surface area contributed by atoms with Crippen molar-refractivity contribution in [3.8, 4) is 0 Å². The summed E-state index contributed by atoms with van der Waals surface area (Å²) in [5.41, 5.74) is -0.434. The van der Waals surface area contributed by atoms with Gasteiger partial charge in [0.05, 0.1) is 30.8 Å². The standard InChI is InChI=1S/C32H47N3O6/c1-9-17-34(23-15-13-22(14-16-23)33(10-2)11-3)29(38)27-32-18-21(7)31(8,41-32)26(30(39)40-12-4)25(32)28(37)35(27)24(19-36)20(5)6/h9,13-16,20-21,24-27,36H,1,10-12,17-19H2,2-8H3/t21?,24-,25-,26+,27?,31-,32?/m0/s1. The molecule has 3 aliphatic heterocycles. The van der Waals surface area contributed by atoms with Crippen LogP contribution in [-0.2, 0) is 23.9 Å². The molecule has 226 valence electrons. The van der Waals surface area contributed by atoms with E-state index in [1.54, 1.807) is 17.9 Å². The second kappa shape index (κ2) is 11.8. The molecule has 1 aromatic rings. The molecule has 2 amide bonds. The minimum Gasteiger partial charge on any atom is -0.466 e. The van der Waals surface area contributed by atoms with Gasteiger partial charge in [0.25, 0.3) is 5.91 Å². The van der Waals surface area contributed by atoms with E-state index in [-0.39, 0.29) is 43.4 Å². The first-order valence-electron chi connectivity index (χ1n) is 15.0. The number of amides is 2. The van der Waals surface area contributed by atoms with Crippen LogP contribution < -0.4 is 9.80 Å². The van der Waals surface area contributed by atoms with Crippen LogP contribution in [0.4, 0.5) is 11.4 Å². The van der Waals surface area contributed by atoms with Gasteiger partial charge in [0, 0.05) is 31.0 Å². The average molecular weight is 570 g/mol. The van der Waals surface area contributed by atoms with Gasteiger partial charge in [-0.1, -0.05) is 26.8 Å². The Morgan fingerprint density at radius 2 is 1.80 bits per heavy atom. The van der Waals surface area contributed by atoms with Crippen molar-refractivity contribution in [3.63, 3.8) is 0 Å². The summed E-state index contributed by atoms with van der Waals surface area (Å²) in [6.07, 6.45) is 2.11. The van der Waals surface area contributed by atoms with E-state index in [0.29, 0.717) is 12.1 Å². The number of hydrogen-bond donors (Lipinski definition) is 1. The van der Waals surface area contributed by atoms with Gasteiger partial charge in [-0.05, 0) is 70.2 Å².